The average Bonchev–Trinajstić information content (AvgIpc) is 2.54. The lowest BCUT2D eigenvalue weighted by atomic mass is 9.97. The molecule has 2 aliphatic rings. The second-order valence-electron chi connectivity index (χ2n) is 26.8. The maximum Gasteiger partial charge on any atom is 0.220 e. The summed E-state index contributed by atoms with van der Waals surface area (Å²) in [5, 5.41) is 87.7. The molecule has 86 heavy (non-hydrogen) atoms. The van der Waals surface area contributed by atoms with Crippen LogP contribution in [0.3, 0.4) is 0 Å². The van der Waals surface area contributed by atoms with Gasteiger partial charge >= 0.3 is 0 Å². The molecule has 0 bridgehead atoms. The van der Waals surface area contributed by atoms with Crippen molar-refractivity contribution in [3.63, 3.8) is 0 Å². The van der Waals surface area contributed by atoms with E-state index in [4.69, 9.17) is 18.9 Å². The molecular formula is C72H141NO13. The molecule has 2 saturated heterocycles. The van der Waals surface area contributed by atoms with Crippen LogP contribution in [0.2, 0.25) is 0 Å². The number of nitrogens with one attached hydrogen (secondary N) is 1. The Balaban J connectivity index is 1.64. The highest BCUT2D eigenvalue weighted by molar-refractivity contribution is 5.76. The maximum absolute atomic E-state index is 13.4. The smallest absolute Gasteiger partial charge is 0.220 e. The Morgan fingerprint density at radius 1 is 0.372 bits per heavy atom. The quantitative estimate of drug-likeness (QED) is 0.0259. The summed E-state index contributed by atoms with van der Waals surface area (Å²) in [6, 6.07) is -0.825. The van der Waals surface area contributed by atoms with E-state index in [-0.39, 0.29) is 12.5 Å². The molecule has 0 aromatic rings. The summed E-state index contributed by atoms with van der Waals surface area (Å²) in [7, 11) is 0. The number of aliphatic hydroxyl groups is 8. The zero-order chi connectivity index (χ0) is 62.3. The van der Waals surface area contributed by atoms with Crippen LogP contribution in [0, 0.1) is 0 Å². The van der Waals surface area contributed by atoms with E-state index in [2.05, 4.69) is 19.2 Å². The van der Waals surface area contributed by atoms with E-state index >= 15 is 0 Å². The number of rotatable bonds is 63. The fraction of sp³-hybridized carbons (Fsp3) is 0.986. The molecule has 512 valence electrons. The fourth-order valence-electron chi connectivity index (χ4n) is 12.9. The van der Waals surface area contributed by atoms with Gasteiger partial charge in [0, 0.05) is 6.42 Å². The van der Waals surface area contributed by atoms with Crippen molar-refractivity contribution < 1.29 is 64.6 Å². The highest BCUT2D eigenvalue weighted by Crippen LogP contribution is 2.30. The summed E-state index contributed by atoms with van der Waals surface area (Å²) in [5.74, 6) is -0.196. The van der Waals surface area contributed by atoms with E-state index in [1.165, 1.54) is 283 Å². The molecule has 14 heteroatoms. The van der Waals surface area contributed by atoms with Crippen LogP contribution in [0.4, 0.5) is 0 Å². The van der Waals surface area contributed by atoms with Crippen molar-refractivity contribution in [3.05, 3.63) is 0 Å². The Morgan fingerprint density at radius 2 is 0.663 bits per heavy atom. The lowest BCUT2D eigenvalue weighted by Crippen LogP contribution is -2.65. The summed E-state index contributed by atoms with van der Waals surface area (Å²) >= 11 is 0. The van der Waals surface area contributed by atoms with E-state index in [0.29, 0.717) is 12.8 Å². The number of carbonyl (C=O) groups is 1. The van der Waals surface area contributed by atoms with E-state index in [1.807, 2.05) is 0 Å². The van der Waals surface area contributed by atoms with Gasteiger partial charge in [-0.15, -0.1) is 0 Å². The van der Waals surface area contributed by atoms with E-state index in [1.54, 1.807) is 0 Å². The van der Waals surface area contributed by atoms with Gasteiger partial charge in [-0.2, -0.15) is 0 Å². The summed E-state index contributed by atoms with van der Waals surface area (Å²) in [6.07, 6.45) is 52.7. The van der Waals surface area contributed by atoms with Gasteiger partial charge in [-0.3, -0.25) is 4.79 Å². The van der Waals surface area contributed by atoms with Crippen molar-refractivity contribution in [2.75, 3.05) is 19.8 Å². The van der Waals surface area contributed by atoms with E-state index in [9.17, 15) is 45.6 Å². The van der Waals surface area contributed by atoms with Crippen LogP contribution in [0.1, 0.15) is 361 Å². The van der Waals surface area contributed by atoms with Gasteiger partial charge in [0.25, 0.3) is 0 Å². The monoisotopic (exact) mass is 1230 g/mol. The van der Waals surface area contributed by atoms with Crippen LogP contribution in [-0.2, 0) is 23.7 Å². The fourth-order valence-corrected chi connectivity index (χ4v) is 12.9. The minimum atomic E-state index is -1.78. The number of unbranched alkanes of at least 4 members (excludes halogenated alkanes) is 50. The first-order valence-electron chi connectivity index (χ1n) is 37.3. The topological polar surface area (TPSA) is 228 Å². The van der Waals surface area contributed by atoms with Crippen LogP contribution < -0.4 is 5.32 Å². The molecule has 0 aliphatic carbocycles. The van der Waals surface area contributed by atoms with Crippen LogP contribution in [0.5, 0.6) is 0 Å². The zero-order valence-corrected chi connectivity index (χ0v) is 55.9. The summed E-state index contributed by atoms with van der Waals surface area (Å²) in [4.78, 5) is 13.4. The molecule has 0 saturated carbocycles. The zero-order valence-electron chi connectivity index (χ0n) is 55.9. The molecule has 2 rings (SSSR count). The van der Waals surface area contributed by atoms with Crippen LogP contribution in [-0.4, -0.2) is 140 Å². The molecule has 0 spiro atoms. The van der Waals surface area contributed by atoms with Gasteiger partial charge in [-0.25, -0.2) is 0 Å². The Labute approximate surface area is 527 Å². The van der Waals surface area contributed by atoms with Gasteiger partial charge in [0.15, 0.2) is 12.6 Å². The molecule has 9 N–H and O–H groups in total. The van der Waals surface area contributed by atoms with Gasteiger partial charge in [0.1, 0.15) is 48.8 Å². The third kappa shape index (κ3) is 41.5. The first-order valence-corrected chi connectivity index (χ1v) is 37.3. The minimum Gasteiger partial charge on any atom is -0.394 e. The Kier molecular flexibility index (Phi) is 54.5. The van der Waals surface area contributed by atoms with Crippen molar-refractivity contribution >= 4 is 5.91 Å². The number of ether oxygens (including phenoxy) is 4. The largest absolute Gasteiger partial charge is 0.394 e. The highest BCUT2D eigenvalue weighted by atomic mass is 16.7. The van der Waals surface area contributed by atoms with Crippen molar-refractivity contribution in [1.82, 2.24) is 5.32 Å². The normalized spacial score (nSPS) is 23.3. The highest BCUT2D eigenvalue weighted by Gasteiger charge is 2.51. The van der Waals surface area contributed by atoms with Crippen LogP contribution in [0.25, 0.3) is 0 Å². The average molecular weight is 1230 g/mol. The Hall–Kier alpha value is -1.01. The maximum atomic E-state index is 13.4. The van der Waals surface area contributed by atoms with Crippen molar-refractivity contribution in [3.8, 4) is 0 Å². The molecule has 12 unspecified atom stereocenters. The van der Waals surface area contributed by atoms with Gasteiger partial charge in [-0.05, 0) is 12.8 Å². The van der Waals surface area contributed by atoms with Crippen molar-refractivity contribution in [1.29, 1.82) is 0 Å². The SMILES string of the molecule is CCCCCCCCCCCCCCCCCCCCCCCCCCCCCCC(O)C(COC1OC(CO)C(OC2OC(CO)C(O)C(O)C2O)C(O)C1O)NC(=O)CCCCCCCCCCCCCCCCCCCCCCCCCC. The van der Waals surface area contributed by atoms with Crippen molar-refractivity contribution in [2.45, 2.75) is 434 Å². The lowest BCUT2D eigenvalue weighted by Gasteiger charge is -2.46. The number of aliphatic hydroxyl groups excluding tert-OH is 8. The summed E-state index contributed by atoms with van der Waals surface area (Å²) in [5.41, 5.74) is 0. The number of amides is 1. The molecule has 14 nitrogen and oxygen atoms in total. The number of hydrogen-bond acceptors (Lipinski definition) is 13. The van der Waals surface area contributed by atoms with Gasteiger partial charge in [0.05, 0.1) is 32.0 Å². The molecule has 2 heterocycles. The second-order valence-corrected chi connectivity index (χ2v) is 26.8. The van der Waals surface area contributed by atoms with Gasteiger partial charge in [-0.1, -0.05) is 341 Å². The van der Waals surface area contributed by atoms with Gasteiger partial charge < -0.3 is 65.1 Å². The summed E-state index contributed by atoms with van der Waals surface area (Å²) < 4.78 is 23.0. The number of carbonyl (C=O) groups excluding carboxylic acids is 1. The Morgan fingerprint density at radius 3 is 0.988 bits per heavy atom. The third-order valence-electron chi connectivity index (χ3n) is 18.8. The first kappa shape index (κ1) is 81.1. The number of hydrogen-bond donors (Lipinski definition) is 9. The molecule has 2 fully saturated rings. The van der Waals surface area contributed by atoms with E-state index in [0.717, 1.165) is 51.4 Å². The van der Waals surface area contributed by atoms with Crippen molar-refractivity contribution in [2.24, 2.45) is 0 Å². The first-order chi connectivity index (χ1) is 42.1. The second kappa shape index (κ2) is 57.9. The van der Waals surface area contributed by atoms with Gasteiger partial charge in [0.2, 0.25) is 5.91 Å². The predicted octanol–water partition coefficient (Wildman–Crippen LogP) is 15.6. The van der Waals surface area contributed by atoms with Crippen LogP contribution in [0.15, 0.2) is 0 Å². The third-order valence-corrected chi connectivity index (χ3v) is 18.8. The molecule has 2 aliphatic heterocycles. The molecular weight excluding hydrogens is 1090 g/mol. The molecule has 12 atom stereocenters. The summed E-state index contributed by atoms with van der Waals surface area (Å²) in [6.45, 7) is 2.94. The van der Waals surface area contributed by atoms with E-state index < -0.39 is 86.8 Å². The van der Waals surface area contributed by atoms with Crippen LogP contribution >= 0.6 is 0 Å². The lowest BCUT2D eigenvalue weighted by molar-refractivity contribution is -0.359. The predicted molar refractivity (Wildman–Crippen MR) is 351 cm³/mol. The molecule has 1 amide bonds. The molecule has 0 radical (unpaired) electrons. The molecule has 0 aromatic carbocycles. The standard InChI is InChI=1S/C72H141NO13/c1-3-5-7-9-11-13-15-17-19-21-23-25-27-29-30-31-32-33-35-37-39-41-43-45-47-49-51-53-55-61(76)60(59-83-71-69(82)67(80)70(63(58-75)85-71)86-72-68(81)66(79)65(78)62(57-74)84-72)73-64(77)56-54-52-50-48-46-44-42-40-38-36-34-28-26-24-22-20-18-16-14-12-10-8-6-4-2/h60-63,65-72,74-76,78-82H,3-59H2,1-2H3,(H,73,77). The minimum absolute atomic E-state index is 0.196. The Bertz CT molecular complexity index is 1450. The molecule has 0 aromatic heterocycles.